The summed E-state index contributed by atoms with van der Waals surface area (Å²) in [6, 6.07) is 12.9. The normalized spacial score (nSPS) is 16.2. The second-order valence-electron chi connectivity index (χ2n) is 7.38. The first-order valence-corrected chi connectivity index (χ1v) is 10.1. The molecule has 8 heteroatoms. The van der Waals surface area contributed by atoms with Gasteiger partial charge < -0.3 is 10.3 Å². The number of nitrogens with one attached hydrogen (secondary N) is 2. The standard InChI is InChI=1S/C21H17Cl2N5O/c1-11-6-17-19(18(29)7-11)20(24-14-9-12(22)8-13(23)10-14)27-28(17)21-25-15-4-2-3-5-16(15)26-21/h2-5,8-11H,6-7H2,1H3,(H,24,27)(H,25,26). The van der Waals surface area contributed by atoms with Crippen molar-refractivity contribution in [3.63, 3.8) is 0 Å². The minimum absolute atomic E-state index is 0.0664. The average molecular weight is 426 g/mol. The summed E-state index contributed by atoms with van der Waals surface area (Å²) in [7, 11) is 0. The van der Waals surface area contributed by atoms with Gasteiger partial charge in [0.2, 0.25) is 5.95 Å². The summed E-state index contributed by atoms with van der Waals surface area (Å²) in [6.45, 7) is 2.07. The number of hydrogen-bond acceptors (Lipinski definition) is 4. The smallest absolute Gasteiger partial charge is 0.229 e. The molecule has 0 aliphatic heterocycles. The van der Waals surface area contributed by atoms with Crippen LogP contribution in [0.25, 0.3) is 17.0 Å². The fourth-order valence-electron chi connectivity index (χ4n) is 3.82. The van der Waals surface area contributed by atoms with Crippen LogP contribution in [-0.2, 0) is 6.42 Å². The second kappa shape index (κ2) is 6.90. The molecule has 2 N–H and O–H groups in total. The Balaban J connectivity index is 1.66. The third-order valence-electron chi connectivity index (χ3n) is 5.04. The van der Waals surface area contributed by atoms with Gasteiger partial charge in [0.05, 0.1) is 22.3 Å². The molecule has 4 aromatic rings. The summed E-state index contributed by atoms with van der Waals surface area (Å²) in [5.74, 6) is 1.37. The number of carbonyl (C=O) groups is 1. The van der Waals surface area contributed by atoms with Gasteiger partial charge in [-0.2, -0.15) is 0 Å². The van der Waals surface area contributed by atoms with E-state index in [1.54, 1.807) is 22.9 Å². The van der Waals surface area contributed by atoms with E-state index in [2.05, 4.69) is 22.2 Å². The molecule has 146 valence electrons. The molecule has 2 aromatic heterocycles. The molecule has 2 aromatic carbocycles. The van der Waals surface area contributed by atoms with Crippen LogP contribution in [0.4, 0.5) is 11.5 Å². The molecule has 29 heavy (non-hydrogen) atoms. The van der Waals surface area contributed by atoms with Gasteiger partial charge in [0, 0.05) is 22.2 Å². The number of Topliss-reactive ketones (excluding diaryl/α,β-unsaturated/α-hetero) is 1. The van der Waals surface area contributed by atoms with Gasteiger partial charge in [0.25, 0.3) is 0 Å². The van der Waals surface area contributed by atoms with Crippen molar-refractivity contribution in [1.82, 2.24) is 19.7 Å². The fourth-order valence-corrected chi connectivity index (χ4v) is 4.35. The van der Waals surface area contributed by atoms with E-state index < -0.39 is 0 Å². The van der Waals surface area contributed by atoms with Crippen LogP contribution < -0.4 is 5.32 Å². The van der Waals surface area contributed by atoms with Crippen LogP contribution in [0.5, 0.6) is 0 Å². The topological polar surface area (TPSA) is 75.6 Å². The molecule has 1 aliphatic carbocycles. The molecule has 6 nitrogen and oxygen atoms in total. The Kier molecular flexibility index (Phi) is 4.33. The van der Waals surface area contributed by atoms with Crippen molar-refractivity contribution in [1.29, 1.82) is 0 Å². The van der Waals surface area contributed by atoms with E-state index in [-0.39, 0.29) is 11.7 Å². The summed E-state index contributed by atoms with van der Waals surface area (Å²) in [5, 5.41) is 8.93. The summed E-state index contributed by atoms with van der Waals surface area (Å²) in [4.78, 5) is 20.8. The molecular formula is C21H17Cl2N5O. The predicted molar refractivity (Wildman–Crippen MR) is 115 cm³/mol. The molecule has 1 aliphatic rings. The zero-order valence-corrected chi connectivity index (χ0v) is 17.1. The van der Waals surface area contributed by atoms with Gasteiger partial charge in [-0.3, -0.25) is 4.79 Å². The number of H-pyrrole nitrogens is 1. The van der Waals surface area contributed by atoms with Crippen molar-refractivity contribution in [2.75, 3.05) is 5.32 Å². The molecule has 1 unspecified atom stereocenters. The molecule has 0 radical (unpaired) electrons. The van der Waals surface area contributed by atoms with Gasteiger partial charge in [-0.05, 0) is 42.7 Å². The average Bonchev–Trinajstić information content (AvgIpc) is 3.22. The van der Waals surface area contributed by atoms with Gasteiger partial charge in [0.15, 0.2) is 11.6 Å². The monoisotopic (exact) mass is 425 g/mol. The zero-order chi connectivity index (χ0) is 20.1. The third-order valence-corrected chi connectivity index (χ3v) is 5.47. The van der Waals surface area contributed by atoms with Crippen LogP contribution in [0.2, 0.25) is 10.0 Å². The predicted octanol–water partition coefficient (Wildman–Crippen LogP) is 5.56. The van der Waals surface area contributed by atoms with E-state index in [4.69, 9.17) is 28.3 Å². The highest BCUT2D eigenvalue weighted by Crippen LogP contribution is 2.34. The number of nitrogens with zero attached hydrogens (tertiary/aromatic N) is 3. The number of imidazole rings is 1. The number of para-hydroxylation sites is 2. The lowest BCUT2D eigenvalue weighted by molar-refractivity contribution is 0.0953. The van der Waals surface area contributed by atoms with E-state index in [1.807, 2.05) is 24.3 Å². The Labute approximate surface area is 176 Å². The number of aromatic nitrogens is 4. The number of ketones is 1. The summed E-state index contributed by atoms with van der Waals surface area (Å²) >= 11 is 12.2. The Morgan fingerprint density at radius 2 is 1.90 bits per heavy atom. The van der Waals surface area contributed by atoms with Gasteiger partial charge in [-0.25, -0.2) is 9.67 Å². The number of carbonyl (C=O) groups excluding carboxylic acids is 1. The number of aromatic amines is 1. The maximum absolute atomic E-state index is 12.9. The van der Waals surface area contributed by atoms with Crippen molar-refractivity contribution >= 4 is 51.5 Å². The van der Waals surface area contributed by atoms with E-state index in [1.165, 1.54) is 0 Å². The Bertz CT molecular complexity index is 1210. The Morgan fingerprint density at radius 1 is 1.14 bits per heavy atom. The van der Waals surface area contributed by atoms with Crippen LogP contribution in [0.3, 0.4) is 0 Å². The molecule has 0 fully saturated rings. The fraction of sp³-hybridized carbons (Fsp3) is 0.190. The molecule has 0 spiro atoms. The number of halogens is 2. The third kappa shape index (κ3) is 3.28. The van der Waals surface area contributed by atoms with Crippen LogP contribution in [-0.4, -0.2) is 25.5 Å². The quantitative estimate of drug-likeness (QED) is 0.450. The molecule has 5 rings (SSSR count). The van der Waals surface area contributed by atoms with Gasteiger partial charge >= 0.3 is 0 Å². The maximum atomic E-state index is 12.9. The zero-order valence-electron chi connectivity index (χ0n) is 15.5. The molecule has 0 saturated carbocycles. The van der Waals surface area contributed by atoms with Crippen molar-refractivity contribution in [3.05, 3.63) is 63.8 Å². The first-order chi connectivity index (χ1) is 14.0. The molecule has 2 heterocycles. The summed E-state index contributed by atoms with van der Waals surface area (Å²) < 4.78 is 1.73. The highest BCUT2D eigenvalue weighted by molar-refractivity contribution is 6.35. The molecule has 1 atom stereocenters. The lowest BCUT2D eigenvalue weighted by Crippen LogP contribution is -2.20. The minimum Gasteiger partial charge on any atom is -0.338 e. The first kappa shape index (κ1) is 18.2. The summed E-state index contributed by atoms with van der Waals surface area (Å²) in [5.41, 5.74) is 3.88. The van der Waals surface area contributed by atoms with Crippen LogP contribution in [0.15, 0.2) is 42.5 Å². The molecule has 0 bridgehead atoms. The van der Waals surface area contributed by atoms with E-state index in [0.717, 1.165) is 23.1 Å². The van der Waals surface area contributed by atoms with Gasteiger partial charge in [-0.15, -0.1) is 5.10 Å². The highest BCUT2D eigenvalue weighted by atomic mass is 35.5. The Hall–Kier alpha value is -2.83. The number of benzene rings is 2. The van der Waals surface area contributed by atoms with Crippen LogP contribution in [0, 0.1) is 5.92 Å². The molecule has 0 amide bonds. The van der Waals surface area contributed by atoms with Crippen molar-refractivity contribution in [2.24, 2.45) is 5.92 Å². The largest absolute Gasteiger partial charge is 0.338 e. The maximum Gasteiger partial charge on any atom is 0.229 e. The van der Waals surface area contributed by atoms with Crippen LogP contribution in [0.1, 0.15) is 29.4 Å². The second-order valence-corrected chi connectivity index (χ2v) is 8.25. The molecular weight excluding hydrogens is 409 g/mol. The lowest BCUT2D eigenvalue weighted by atomic mass is 9.88. The minimum atomic E-state index is 0.0664. The lowest BCUT2D eigenvalue weighted by Gasteiger charge is -2.18. The number of anilines is 2. The number of fused-ring (bicyclic) bond motifs is 2. The van der Waals surface area contributed by atoms with Gasteiger partial charge in [0.1, 0.15) is 0 Å². The van der Waals surface area contributed by atoms with E-state index >= 15 is 0 Å². The van der Waals surface area contributed by atoms with Crippen molar-refractivity contribution in [3.8, 4) is 5.95 Å². The van der Waals surface area contributed by atoms with Crippen molar-refractivity contribution < 1.29 is 4.79 Å². The highest BCUT2D eigenvalue weighted by Gasteiger charge is 2.32. The molecule has 0 saturated heterocycles. The van der Waals surface area contributed by atoms with E-state index in [9.17, 15) is 4.79 Å². The number of hydrogen-bond donors (Lipinski definition) is 2. The SMILES string of the molecule is CC1CC(=O)c2c(Nc3cc(Cl)cc(Cl)c3)nn(-c3nc4ccccc4[nH]3)c2C1. The Morgan fingerprint density at radius 3 is 2.66 bits per heavy atom. The van der Waals surface area contributed by atoms with Gasteiger partial charge in [-0.1, -0.05) is 42.3 Å². The first-order valence-electron chi connectivity index (χ1n) is 9.31. The summed E-state index contributed by atoms with van der Waals surface area (Å²) in [6.07, 6.45) is 1.23. The van der Waals surface area contributed by atoms with E-state index in [0.29, 0.717) is 39.5 Å². The number of rotatable bonds is 3. The van der Waals surface area contributed by atoms with Crippen molar-refractivity contribution in [2.45, 2.75) is 19.8 Å². The van der Waals surface area contributed by atoms with Crippen LogP contribution >= 0.6 is 23.2 Å².